The summed E-state index contributed by atoms with van der Waals surface area (Å²) in [6, 6.07) is 1.46. The minimum absolute atomic E-state index is 0.0956. The monoisotopic (exact) mass is 290 g/mol. The normalized spacial score (nSPS) is 21.9. The Kier molecular flexibility index (Phi) is 2.80. The molecule has 1 saturated heterocycles. The van der Waals surface area contributed by atoms with Crippen LogP contribution in [0.3, 0.4) is 0 Å². The molecule has 2 fully saturated rings. The van der Waals surface area contributed by atoms with Crippen molar-refractivity contribution in [1.29, 1.82) is 0 Å². The highest BCUT2D eigenvalue weighted by Gasteiger charge is 2.37. The Labute approximate surface area is 121 Å². The molecule has 0 amide bonds. The van der Waals surface area contributed by atoms with Crippen LogP contribution in [0.5, 0.6) is 0 Å². The summed E-state index contributed by atoms with van der Waals surface area (Å²) in [5.41, 5.74) is 0.518. The van der Waals surface area contributed by atoms with Crippen LogP contribution in [0.2, 0.25) is 0 Å². The van der Waals surface area contributed by atoms with E-state index in [2.05, 4.69) is 15.0 Å². The zero-order valence-corrected chi connectivity index (χ0v) is 12.2. The number of hydrogen-bond donors (Lipinski definition) is 0. The van der Waals surface area contributed by atoms with Crippen LogP contribution in [0, 0.1) is 5.41 Å². The molecule has 0 radical (unpaired) electrons. The largest absolute Gasteiger partial charge is 0.347 e. The molecule has 1 aliphatic heterocycles. The van der Waals surface area contributed by atoms with Crippen molar-refractivity contribution in [2.45, 2.75) is 38.5 Å². The van der Waals surface area contributed by atoms with E-state index in [1.54, 1.807) is 6.20 Å². The Morgan fingerprint density at radius 2 is 1.90 bits per heavy atom. The third kappa shape index (κ3) is 1.93. The van der Waals surface area contributed by atoms with E-state index in [1.165, 1.54) is 60.4 Å². The van der Waals surface area contributed by atoms with Crippen LogP contribution in [0.25, 0.3) is 4.96 Å². The van der Waals surface area contributed by atoms with Gasteiger partial charge in [-0.05, 0) is 31.1 Å². The summed E-state index contributed by atoms with van der Waals surface area (Å²) in [7, 11) is 0. The SMILES string of the molecule is O=c1ccnc2sc(N3CCC4(CCCC4)CC3)nn12. The van der Waals surface area contributed by atoms with Gasteiger partial charge in [0.25, 0.3) is 5.56 Å². The zero-order chi connectivity index (χ0) is 13.6. The van der Waals surface area contributed by atoms with Gasteiger partial charge in [0.1, 0.15) is 0 Å². The average molecular weight is 290 g/mol. The molecule has 20 heavy (non-hydrogen) atoms. The maximum Gasteiger partial charge on any atom is 0.275 e. The molecule has 1 saturated carbocycles. The van der Waals surface area contributed by atoms with Crippen LogP contribution < -0.4 is 10.5 Å². The minimum atomic E-state index is -0.0956. The van der Waals surface area contributed by atoms with E-state index in [9.17, 15) is 4.79 Å². The Bertz CT molecular complexity index is 676. The van der Waals surface area contributed by atoms with Crippen molar-refractivity contribution in [2.75, 3.05) is 18.0 Å². The van der Waals surface area contributed by atoms with Crippen molar-refractivity contribution in [3.05, 3.63) is 22.6 Å². The lowest BCUT2D eigenvalue weighted by Crippen LogP contribution is -2.38. The van der Waals surface area contributed by atoms with Gasteiger partial charge in [-0.15, -0.1) is 5.10 Å². The molecule has 0 aromatic carbocycles. The fourth-order valence-electron chi connectivity index (χ4n) is 3.66. The lowest BCUT2D eigenvalue weighted by Gasteiger charge is -2.39. The molecule has 5 nitrogen and oxygen atoms in total. The summed E-state index contributed by atoms with van der Waals surface area (Å²) in [5.74, 6) is 0. The topological polar surface area (TPSA) is 50.5 Å². The maximum atomic E-state index is 11.7. The van der Waals surface area contributed by atoms with Crippen LogP contribution in [0.4, 0.5) is 5.13 Å². The highest BCUT2D eigenvalue weighted by molar-refractivity contribution is 7.20. The van der Waals surface area contributed by atoms with Crippen molar-refractivity contribution >= 4 is 21.4 Å². The van der Waals surface area contributed by atoms with Gasteiger partial charge in [-0.25, -0.2) is 4.98 Å². The summed E-state index contributed by atoms with van der Waals surface area (Å²) in [5, 5.41) is 5.38. The van der Waals surface area contributed by atoms with Gasteiger partial charge in [0.05, 0.1) is 0 Å². The smallest absolute Gasteiger partial charge is 0.275 e. The maximum absolute atomic E-state index is 11.7. The van der Waals surface area contributed by atoms with Gasteiger partial charge in [0.15, 0.2) is 0 Å². The van der Waals surface area contributed by atoms with Crippen LogP contribution >= 0.6 is 11.3 Å². The first kappa shape index (κ1) is 12.3. The second kappa shape index (κ2) is 4.55. The van der Waals surface area contributed by atoms with E-state index in [4.69, 9.17) is 0 Å². The van der Waals surface area contributed by atoms with Crippen molar-refractivity contribution in [3.63, 3.8) is 0 Å². The molecule has 0 N–H and O–H groups in total. The number of nitrogens with zero attached hydrogens (tertiary/aromatic N) is 4. The Morgan fingerprint density at radius 3 is 2.60 bits per heavy atom. The number of fused-ring (bicyclic) bond motifs is 1. The summed E-state index contributed by atoms with van der Waals surface area (Å²) in [6.45, 7) is 2.13. The molecular formula is C14H18N4OS. The second-order valence-corrected chi connectivity index (χ2v) is 6.99. The third-order valence-corrected chi connectivity index (χ3v) is 5.90. The van der Waals surface area contributed by atoms with E-state index in [-0.39, 0.29) is 5.56 Å². The van der Waals surface area contributed by atoms with Crippen molar-refractivity contribution in [2.24, 2.45) is 5.41 Å². The van der Waals surface area contributed by atoms with Crippen LogP contribution in [-0.2, 0) is 0 Å². The highest BCUT2D eigenvalue weighted by Crippen LogP contribution is 2.46. The molecule has 3 heterocycles. The predicted molar refractivity (Wildman–Crippen MR) is 79.5 cm³/mol. The third-order valence-electron chi connectivity index (χ3n) is 4.92. The number of piperidine rings is 1. The molecule has 106 valence electrons. The molecule has 1 spiro atoms. The first-order valence-corrected chi connectivity index (χ1v) is 8.17. The molecule has 2 aliphatic rings. The number of rotatable bonds is 1. The summed E-state index contributed by atoms with van der Waals surface area (Å²) in [4.78, 5) is 19.0. The number of hydrogen-bond acceptors (Lipinski definition) is 5. The lowest BCUT2D eigenvalue weighted by atomic mass is 9.77. The summed E-state index contributed by atoms with van der Waals surface area (Å²) >= 11 is 1.52. The fourth-order valence-corrected chi connectivity index (χ4v) is 4.59. The first-order chi connectivity index (χ1) is 9.76. The summed E-state index contributed by atoms with van der Waals surface area (Å²) < 4.78 is 1.42. The van der Waals surface area contributed by atoms with Gasteiger partial charge in [0, 0.05) is 25.4 Å². The molecule has 1 aliphatic carbocycles. The van der Waals surface area contributed by atoms with Gasteiger partial charge in [-0.1, -0.05) is 24.2 Å². The molecule has 2 aromatic heterocycles. The standard InChI is InChI=1S/C14H18N4OS/c19-11-3-8-15-12-18(11)16-13(20-12)17-9-6-14(7-10-17)4-1-2-5-14/h3,8H,1-2,4-7,9-10H2. The predicted octanol–water partition coefficient (Wildman–Crippen LogP) is 2.31. The molecule has 0 atom stereocenters. The Balaban J connectivity index is 1.58. The van der Waals surface area contributed by atoms with E-state index in [0.29, 0.717) is 10.4 Å². The van der Waals surface area contributed by atoms with Gasteiger partial charge < -0.3 is 4.90 Å². The van der Waals surface area contributed by atoms with E-state index in [0.717, 1.165) is 18.2 Å². The quantitative estimate of drug-likeness (QED) is 0.808. The van der Waals surface area contributed by atoms with Gasteiger partial charge >= 0.3 is 0 Å². The van der Waals surface area contributed by atoms with Gasteiger partial charge in [-0.3, -0.25) is 4.79 Å². The molecular weight excluding hydrogens is 272 g/mol. The molecule has 0 unspecified atom stereocenters. The van der Waals surface area contributed by atoms with Crippen molar-refractivity contribution < 1.29 is 0 Å². The first-order valence-electron chi connectivity index (χ1n) is 7.36. The minimum Gasteiger partial charge on any atom is -0.347 e. The number of anilines is 1. The van der Waals surface area contributed by atoms with Crippen LogP contribution in [-0.4, -0.2) is 27.7 Å². The summed E-state index contributed by atoms with van der Waals surface area (Å²) in [6.07, 6.45) is 9.71. The van der Waals surface area contributed by atoms with Gasteiger partial charge in [-0.2, -0.15) is 4.52 Å². The number of aromatic nitrogens is 3. The van der Waals surface area contributed by atoms with Crippen LogP contribution in [0.15, 0.2) is 17.1 Å². The van der Waals surface area contributed by atoms with Gasteiger partial charge in [0.2, 0.25) is 10.1 Å². The zero-order valence-electron chi connectivity index (χ0n) is 11.4. The Morgan fingerprint density at radius 1 is 1.15 bits per heavy atom. The van der Waals surface area contributed by atoms with E-state index >= 15 is 0 Å². The fraction of sp³-hybridized carbons (Fsp3) is 0.643. The van der Waals surface area contributed by atoms with Crippen molar-refractivity contribution in [1.82, 2.24) is 14.6 Å². The van der Waals surface area contributed by atoms with Crippen LogP contribution in [0.1, 0.15) is 38.5 Å². The molecule has 4 rings (SSSR count). The van der Waals surface area contributed by atoms with E-state index in [1.807, 2.05) is 0 Å². The molecule has 0 bridgehead atoms. The van der Waals surface area contributed by atoms with E-state index < -0.39 is 0 Å². The second-order valence-electron chi connectivity index (χ2n) is 6.06. The molecule has 6 heteroatoms. The lowest BCUT2D eigenvalue weighted by molar-refractivity contribution is 0.226. The van der Waals surface area contributed by atoms with Crippen molar-refractivity contribution in [3.8, 4) is 0 Å². The highest BCUT2D eigenvalue weighted by atomic mass is 32.1. The Hall–Kier alpha value is -1.43. The molecule has 2 aromatic rings. The average Bonchev–Trinajstić information content (AvgIpc) is 3.08.